The summed E-state index contributed by atoms with van der Waals surface area (Å²) in [7, 11) is 2.13. The number of carbonyl (C=O) groups is 1. The van der Waals surface area contributed by atoms with E-state index in [-0.39, 0.29) is 22.7 Å². The van der Waals surface area contributed by atoms with E-state index < -0.39 is 0 Å². The van der Waals surface area contributed by atoms with Gasteiger partial charge in [0.05, 0.1) is 0 Å². The summed E-state index contributed by atoms with van der Waals surface area (Å²) in [5, 5.41) is 0. The van der Waals surface area contributed by atoms with E-state index in [9.17, 15) is 9.18 Å². The lowest BCUT2D eigenvalue weighted by atomic mass is 9.86. The second-order valence-electron chi connectivity index (χ2n) is 7.82. The minimum absolute atomic E-state index is 0.0428. The second-order valence-corrected chi connectivity index (χ2v) is 7.82. The molecule has 2 aliphatic rings. The minimum Gasteiger partial charge on any atom is -0.336 e. The number of hydrogen-bond acceptors (Lipinski definition) is 2. The van der Waals surface area contributed by atoms with Crippen molar-refractivity contribution in [2.75, 3.05) is 26.7 Å². The van der Waals surface area contributed by atoms with Gasteiger partial charge in [-0.05, 0) is 43.0 Å². The van der Waals surface area contributed by atoms with E-state index in [2.05, 4.69) is 11.9 Å². The van der Waals surface area contributed by atoms with Gasteiger partial charge in [0.2, 0.25) is 0 Å². The number of hydrogen-bond donors (Lipinski definition) is 0. The molecule has 0 radical (unpaired) electrons. The summed E-state index contributed by atoms with van der Waals surface area (Å²) in [4.78, 5) is 16.9. The number of benzene rings is 1. The van der Waals surface area contributed by atoms with Gasteiger partial charge in [-0.25, -0.2) is 4.39 Å². The van der Waals surface area contributed by atoms with Crippen molar-refractivity contribution in [3.8, 4) is 0 Å². The highest BCUT2D eigenvalue weighted by Crippen LogP contribution is 2.43. The fourth-order valence-corrected chi connectivity index (χ4v) is 3.36. The van der Waals surface area contributed by atoms with Crippen LogP contribution in [0.2, 0.25) is 0 Å². The first-order valence-corrected chi connectivity index (χ1v) is 8.03. The average molecular weight is 304 g/mol. The summed E-state index contributed by atoms with van der Waals surface area (Å²) in [6, 6.07) is 4.93. The number of piperazine rings is 1. The maximum atomic E-state index is 14.3. The number of likely N-dealkylation sites (N-methyl/N-ethyl adjacent to an activating group) is 1. The molecule has 0 unspecified atom stereocenters. The third kappa shape index (κ3) is 2.65. The van der Waals surface area contributed by atoms with Crippen LogP contribution in [-0.4, -0.2) is 47.9 Å². The van der Waals surface area contributed by atoms with Gasteiger partial charge >= 0.3 is 0 Å². The molecule has 0 aromatic heterocycles. The van der Waals surface area contributed by atoms with Crippen molar-refractivity contribution in [3.63, 3.8) is 0 Å². The van der Waals surface area contributed by atoms with Crippen LogP contribution >= 0.6 is 0 Å². The Labute approximate surface area is 132 Å². The Bertz CT molecular complexity index is 602. The van der Waals surface area contributed by atoms with Gasteiger partial charge in [0.25, 0.3) is 5.91 Å². The van der Waals surface area contributed by atoms with Crippen LogP contribution < -0.4 is 0 Å². The Morgan fingerprint density at radius 2 is 1.91 bits per heavy atom. The Morgan fingerprint density at radius 1 is 1.23 bits per heavy atom. The predicted molar refractivity (Wildman–Crippen MR) is 85.6 cm³/mol. The molecule has 1 heterocycles. The molecule has 3 nitrogen and oxygen atoms in total. The van der Waals surface area contributed by atoms with Gasteiger partial charge in [-0.1, -0.05) is 26.8 Å². The second kappa shape index (κ2) is 5.05. The van der Waals surface area contributed by atoms with E-state index >= 15 is 0 Å². The van der Waals surface area contributed by atoms with Crippen molar-refractivity contribution < 1.29 is 9.18 Å². The number of carbonyl (C=O) groups excluding carboxylic acids is 1. The number of nitrogens with zero attached hydrogens (tertiary/aromatic N) is 2. The Morgan fingerprint density at radius 3 is 2.45 bits per heavy atom. The van der Waals surface area contributed by atoms with Gasteiger partial charge in [0.1, 0.15) is 5.82 Å². The number of amides is 1. The van der Waals surface area contributed by atoms with Crippen LogP contribution in [0, 0.1) is 5.82 Å². The van der Waals surface area contributed by atoms with E-state index in [1.807, 2.05) is 25.7 Å². The van der Waals surface area contributed by atoms with Crippen LogP contribution in [0.5, 0.6) is 0 Å². The van der Waals surface area contributed by atoms with Crippen molar-refractivity contribution in [2.24, 2.45) is 0 Å². The fourth-order valence-electron chi connectivity index (χ4n) is 3.36. The van der Waals surface area contributed by atoms with Crippen molar-refractivity contribution in [3.05, 3.63) is 35.1 Å². The van der Waals surface area contributed by atoms with Crippen LogP contribution in [-0.2, 0) is 5.41 Å². The summed E-state index contributed by atoms with van der Waals surface area (Å²) in [5.74, 6) is -0.327. The maximum Gasteiger partial charge on any atom is 0.254 e. The Balaban J connectivity index is 1.80. The third-order valence-electron chi connectivity index (χ3n) is 5.14. The zero-order valence-corrected chi connectivity index (χ0v) is 13.9. The van der Waals surface area contributed by atoms with Crippen LogP contribution in [0.3, 0.4) is 0 Å². The molecule has 1 aliphatic carbocycles. The van der Waals surface area contributed by atoms with Gasteiger partial charge in [-0.15, -0.1) is 0 Å². The standard InChI is InChI=1S/C18H25FN2O/c1-17(2,3)14-6-5-13(11-15(14)19)16(22)21-10-9-20(4)18(12-21)7-8-18/h5-6,11H,7-10,12H2,1-4H3. The lowest BCUT2D eigenvalue weighted by molar-refractivity contribution is 0.0497. The van der Waals surface area contributed by atoms with Gasteiger partial charge in [-0.2, -0.15) is 0 Å². The molecule has 0 N–H and O–H groups in total. The van der Waals surface area contributed by atoms with Gasteiger partial charge in [0, 0.05) is 30.7 Å². The Hall–Kier alpha value is -1.42. The van der Waals surface area contributed by atoms with E-state index in [1.54, 1.807) is 12.1 Å². The first-order chi connectivity index (χ1) is 10.2. The quantitative estimate of drug-likeness (QED) is 0.796. The SMILES string of the molecule is CN1CCN(C(=O)c2ccc(C(C)(C)C)c(F)c2)CC12CC2. The maximum absolute atomic E-state index is 14.3. The van der Waals surface area contributed by atoms with Crippen molar-refractivity contribution in [2.45, 2.75) is 44.6 Å². The highest BCUT2D eigenvalue weighted by molar-refractivity contribution is 5.94. The van der Waals surface area contributed by atoms with E-state index in [1.165, 1.54) is 6.07 Å². The normalized spacial score (nSPS) is 21.2. The molecule has 1 aromatic rings. The van der Waals surface area contributed by atoms with E-state index in [0.717, 1.165) is 32.5 Å². The molecule has 120 valence electrons. The summed E-state index contributed by atoms with van der Waals surface area (Å²) >= 11 is 0. The molecular formula is C18H25FN2O. The van der Waals surface area contributed by atoms with Crippen LogP contribution in [0.1, 0.15) is 49.5 Å². The molecule has 3 rings (SSSR count). The third-order valence-corrected chi connectivity index (χ3v) is 5.14. The highest BCUT2D eigenvalue weighted by Gasteiger charge is 2.50. The minimum atomic E-state index is -0.284. The molecule has 1 aliphatic heterocycles. The smallest absolute Gasteiger partial charge is 0.254 e. The van der Waals surface area contributed by atoms with Crippen molar-refractivity contribution in [1.82, 2.24) is 9.80 Å². The Kier molecular flexibility index (Phi) is 3.55. The van der Waals surface area contributed by atoms with Crippen LogP contribution in [0.4, 0.5) is 4.39 Å². The molecular weight excluding hydrogens is 279 g/mol. The lowest BCUT2D eigenvalue weighted by Crippen LogP contribution is -2.54. The average Bonchev–Trinajstić information content (AvgIpc) is 3.20. The predicted octanol–water partition coefficient (Wildman–Crippen LogP) is 3.04. The topological polar surface area (TPSA) is 23.6 Å². The van der Waals surface area contributed by atoms with Gasteiger partial charge < -0.3 is 4.90 Å². The zero-order chi connectivity index (χ0) is 16.1. The van der Waals surface area contributed by atoms with Gasteiger partial charge in [-0.3, -0.25) is 9.69 Å². The first-order valence-electron chi connectivity index (χ1n) is 8.03. The monoisotopic (exact) mass is 304 g/mol. The zero-order valence-electron chi connectivity index (χ0n) is 13.9. The van der Waals surface area contributed by atoms with Gasteiger partial charge in [0.15, 0.2) is 0 Å². The van der Waals surface area contributed by atoms with Crippen molar-refractivity contribution >= 4 is 5.91 Å². The number of rotatable bonds is 1. The summed E-state index contributed by atoms with van der Waals surface area (Å²) in [5.41, 5.74) is 1.06. The number of halogens is 1. The fraction of sp³-hybridized carbons (Fsp3) is 0.611. The van der Waals surface area contributed by atoms with Crippen molar-refractivity contribution in [1.29, 1.82) is 0 Å². The molecule has 1 spiro atoms. The highest BCUT2D eigenvalue weighted by atomic mass is 19.1. The summed E-state index contributed by atoms with van der Waals surface area (Å²) in [6.07, 6.45) is 2.31. The molecule has 1 aromatic carbocycles. The molecule has 1 saturated heterocycles. The molecule has 0 bridgehead atoms. The first kappa shape index (κ1) is 15.5. The largest absolute Gasteiger partial charge is 0.336 e. The molecule has 4 heteroatoms. The lowest BCUT2D eigenvalue weighted by Gasteiger charge is -2.40. The molecule has 2 fully saturated rings. The van der Waals surface area contributed by atoms with E-state index in [0.29, 0.717) is 11.1 Å². The van der Waals surface area contributed by atoms with E-state index in [4.69, 9.17) is 0 Å². The molecule has 22 heavy (non-hydrogen) atoms. The summed E-state index contributed by atoms with van der Waals surface area (Å²) in [6.45, 7) is 8.32. The van der Waals surface area contributed by atoms with Crippen LogP contribution in [0.25, 0.3) is 0 Å². The van der Waals surface area contributed by atoms with Crippen LogP contribution in [0.15, 0.2) is 18.2 Å². The molecule has 1 saturated carbocycles. The summed E-state index contributed by atoms with van der Waals surface area (Å²) < 4.78 is 14.3. The molecule has 0 atom stereocenters. The molecule has 1 amide bonds.